The highest BCUT2D eigenvalue weighted by Gasteiger charge is 2.85. The zero-order valence-corrected chi connectivity index (χ0v) is 18.6. The fourth-order valence-electron chi connectivity index (χ4n) is 9.37. The van der Waals surface area contributed by atoms with Gasteiger partial charge in [0.25, 0.3) is 0 Å². The number of hydrogen-bond donors (Lipinski definition) is 0. The summed E-state index contributed by atoms with van der Waals surface area (Å²) in [5.41, 5.74) is -1.14. The van der Waals surface area contributed by atoms with Crippen LogP contribution in [0, 0.1) is 34.5 Å². The Kier molecular flexibility index (Phi) is 3.77. The number of rotatable bonds is 0. The minimum absolute atomic E-state index is 0.00172. The first-order chi connectivity index (χ1) is 14.8. The van der Waals surface area contributed by atoms with Crippen LogP contribution in [0.3, 0.4) is 0 Å². The second-order valence-corrected chi connectivity index (χ2v) is 11.7. The fraction of sp³-hybridized carbons (Fsp3) is 0.958. The standard InChI is InChI=1S/C24H33FO6/c1-12-18-24(29-8-6-27-18)11-23-20(31-23)17(26)16-13(22(12,23)3)4-5-21(2)14(16)10-15(25)19(21)28-7-9-30-24/h12-16,18-20H,4-11H2,1-3H3/t12-,13?,14+,15-,16-,18?,19?,20-,21+,22-,23?,24?/m1/s1. The lowest BCUT2D eigenvalue weighted by atomic mass is 9.41. The molecule has 2 spiro atoms. The molecule has 7 heteroatoms. The molecule has 6 heterocycles. The Morgan fingerprint density at radius 2 is 1.71 bits per heavy atom. The van der Waals surface area contributed by atoms with Crippen LogP contribution in [0.1, 0.15) is 46.5 Å². The van der Waals surface area contributed by atoms with Crippen molar-refractivity contribution < 1.29 is 32.9 Å². The third-order valence-electron chi connectivity index (χ3n) is 10.9. The van der Waals surface area contributed by atoms with Gasteiger partial charge in [-0.3, -0.25) is 4.79 Å². The summed E-state index contributed by atoms with van der Waals surface area (Å²) in [6.07, 6.45) is 0.532. The number of Topliss-reactive ketones (excluding diaryl/α,β-unsaturated/α-hetero) is 1. The van der Waals surface area contributed by atoms with Crippen LogP contribution < -0.4 is 0 Å². The van der Waals surface area contributed by atoms with Gasteiger partial charge in [0.1, 0.15) is 24.0 Å². The predicted octanol–water partition coefficient (Wildman–Crippen LogP) is 2.67. The van der Waals surface area contributed by atoms with E-state index in [1.54, 1.807) is 0 Å². The molecule has 0 aromatic carbocycles. The Morgan fingerprint density at radius 1 is 1.00 bits per heavy atom. The van der Waals surface area contributed by atoms with E-state index in [0.29, 0.717) is 39.3 Å². The SMILES string of the molecule is C[C@@H]1C2OCCOC23CC24O[C@@H]2C(=O)[C@@H]2C(CC[C@]5(C)C(OCCO3)[C@H](F)C[C@@H]25)[C@@]14C. The number of epoxide rings is 1. The zero-order valence-electron chi connectivity index (χ0n) is 18.6. The van der Waals surface area contributed by atoms with E-state index >= 15 is 4.39 Å². The number of alkyl halides is 1. The van der Waals surface area contributed by atoms with Crippen LogP contribution in [-0.4, -0.2) is 68.1 Å². The molecular weight excluding hydrogens is 403 g/mol. The predicted molar refractivity (Wildman–Crippen MR) is 106 cm³/mol. The van der Waals surface area contributed by atoms with Crippen molar-refractivity contribution in [1.29, 1.82) is 0 Å². The smallest absolute Gasteiger partial charge is 0.198 e. The van der Waals surface area contributed by atoms with Crippen molar-refractivity contribution in [2.45, 2.75) is 82.3 Å². The molecule has 0 amide bonds. The largest absolute Gasteiger partial charge is 0.372 e. The first kappa shape index (κ1) is 19.8. The third-order valence-corrected chi connectivity index (χ3v) is 10.9. The minimum atomic E-state index is -1.04. The molecule has 10 fully saturated rings. The average Bonchev–Trinajstić information content (AvgIpc) is 3.41. The van der Waals surface area contributed by atoms with Crippen LogP contribution in [0.4, 0.5) is 4.39 Å². The maximum absolute atomic E-state index is 15.3. The van der Waals surface area contributed by atoms with E-state index in [1.807, 2.05) is 0 Å². The molecule has 4 aliphatic carbocycles. The van der Waals surface area contributed by atoms with Crippen molar-refractivity contribution in [1.82, 2.24) is 0 Å². The Hall–Kier alpha value is -0.600. The van der Waals surface area contributed by atoms with Gasteiger partial charge in [-0.2, -0.15) is 0 Å². The first-order valence-electron chi connectivity index (χ1n) is 12.2. The molecular formula is C24H33FO6. The Balaban J connectivity index is 1.42. The van der Waals surface area contributed by atoms with E-state index < -0.39 is 29.8 Å². The van der Waals surface area contributed by atoms with Crippen LogP contribution in [0.5, 0.6) is 0 Å². The van der Waals surface area contributed by atoms with E-state index in [-0.39, 0.29) is 46.4 Å². The molecule has 6 nitrogen and oxygen atoms in total. The molecule has 0 N–H and O–H groups in total. The maximum Gasteiger partial charge on any atom is 0.198 e. The lowest BCUT2D eigenvalue weighted by Crippen LogP contribution is -2.72. The lowest BCUT2D eigenvalue weighted by molar-refractivity contribution is -0.373. The van der Waals surface area contributed by atoms with E-state index in [9.17, 15) is 4.79 Å². The van der Waals surface area contributed by atoms with Crippen LogP contribution in [0.15, 0.2) is 0 Å². The second kappa shape index (κ2) is 5.90. The van der Waals surface area contributed by atoms with Gasteiger partial charge >= 0.3 is 0 Å². The number of ether oxygens (including phenoxy) is 5. The Morgan fingerprint density at radius 3 is 2.45 bits per heavy atom. The molecule has 4 saturated carbocycles. The monoisotopic (exact) mass is 436 g/mol. The van der Waals surface area contributed by atoms with Crippen LogP contribution >= 0.6 is 0 Å². The maximum atomic E-state index is 15.3. The van der Waals surface area contributed by atoms with Gasteiger partial charge in [-0.15, -0.1) is 0 Å². The Bertz CT molecular complexity index is 837. The second-order valence-electron chi connectivity index (χ2n) is 11.7. The fourth-order valence-corrected chi connectivity index (χ4v) is 9.37. The molecule has 8 bridgehead atoms. The van der Waals surface area contributed by atoms with Crippen LogP contribution in [0.2, 0.25) is 0 Å². The molecule has 172 valence electrons. The summed E-state index contributed by atoms with van der Waals surface area (Å²) in [4.78, 5) is 13.9. The quantitative estimate of drug-likeness (QED) is 0.544. The molecule has 0 aromatic heterocycles. The van der Waals surface area contributed by atoms with Crippen molar-refractivity contribution in [3.8, 4) is 0 Å². The number of ketones is 1. The summed E-state index contributed by atoms with van der Waals surface area (Å²) >= 11 is 0. The molecule has 31 heavy (non-hydrogen) atoms. The summed E-state index contributed by atoms with van der Waals surface area (Å²) in [6, 6.07) is 0. The summed E-state index contributed by atoms with van der Waals surface area (Å²) in [6.45, 7) is 8.31. The third kappa shape index (κ3) is 2.06. The highest BCUT2D eigenvalue weighted by atomic mass is 19.1. The average molecular weight is 437 g/mol. The van der Waals surface area contributed by atoms with Crippen molar-refractivity contribution in [3.63, 3.8) is 0 Å². The van der Waals surface area contributed by atoms with E-state index in [0.717, 1.165) is 12.8 Å². The lowest BCUT2D eigenvalue weighted by Gasteiger charge is -2.64. The zero-order chi connectivity index (χ0) is 21.4. The molecule has 12 atom stereocenters. The normalized spacial score (nSPS) is 64.3. The summed E-state index contributed by atoms with van der Waals surface area (Å²) < 4.78 is 46.9. The van der Waals surface area contributed by atoms with Crippen molar-refractivity contribution in [2.24, 2.45) is 34.5 Å². The van der Waals surface area contributed by atoms with Gasteiger partial charge in [-0.05, 0) is 37.0 Å². The molecule has 10 aliphatic rings. The topological polar surface area (TPSA) is 66.5 Å². The number of halogens is 1. The van der Waals surface area contributed by atoms with Gasteiger partial charge in [0.15, 0.2) is 11.6 Å². The molecule has 5 unspecified atom stereocenters. The molecule has 6 saturated heterocycles. The van der Waals surface area contributed by atoms with Gasteiger partial charge < -0.3 is 23.7 Å². The van der Waals surface area contributed by atoms with Gasteiger partial charge in [0.05, 0.1) is 32.5 Å². The van der Waals surface area contributed by atoms with E-state index in [4.69, 9.17) is 23.7 Å². The number of carbonyl (C=O) groups excluding carboxylic acids is 1. The Labute approximate surface area is 182 Å². The molecule has 10 rings (SSSR count). The molecule has 6 aliphatic heterocycles. The van der Waals surface area contributed by atoms with Crippen molar-refractivity contribution in [3.05, 3.63) is 0 Å². The van der Waals surface area contributed by atoms with E-state index in [2.05, 4.69) is 20.8 Å². The highest BCUT2D eigenvalue weighted by molar-refractivity contribution is 5.92. The van der Waals surface area contributed by atoms with Crippen LogP contribution in [-0.2, 0) is 28.5 Å². The van der Waals surface area contributed by atoms with Crippen molar-refractivity contribution in [2.75, 3.05) is 26.4 Å². The summed E-state index contributed by atoms with van der Waals surface area (Å²) in [5.74, 6) is -0.673. The molecule has 0 radical (unpaired) electrons. The number of carbonyl (C=O) groups is 1. The van der Waals surface area contributed by atoms with Crippen molar-refractivity contribution >= 4 is 5.78 Å². The first-order valence-corrected chi connectivity index (χ1v) is 12.2. The van der Waals surface area contributed by atoms with Gasteiger partial charge in [-0.1, -0.05) is 20.8 Å². The summed E-state index contributed by atoms with van der Waals surface area (Å²) in [5, 5.41) is 0. The minimum Gasteiger partial charge on any atom is -0.372 e. The van der Waals surface area contributed by atoms with Gasteiger partial charge in [0.2, 0.25) is 0 Å². The molecule has 0 aromatic rings. The van der Waals surface area contributed by atoms with Crippen LogP contribution in [0.25, 0.3) is 0 Å². The van der Waals surface area contributed by atoms with Gasteiger partial charge in [0, 0.05) is 23.2 Å². The highest BCUT2D eigenvalue weighted by Crippen LogP contribution is 2.75. The van der Waals surface area contributed by atoms with E-state index in [1.165, 1.54) is 0 Å². The van der Waals surface area contributed by atoms with Gasteiger partial charge in [-0.25, -0.2) is 4.39 Å². The summed E-state index contributed by atoms with van der Waals surface area (Å²) in [7, 11) is 0. The number of hydrogen-bond acceptors (Lipinski definition) is 6.